The highest BCUT2D eigenvalue weighted by molar-refractivity contribution is 5.77. The first-order valence-corrected chi connectivity index (χ1v) is 9.71. The van der Waals surface area contributed by atoms with Crippen molar-refractivity contribution in [3.8, 4) is 11.4 Å². The minimum absolute atomic E-state index is 0.0532. The van der Waals surface area contributed by atoms with Crippen LogP contribution in [0, 0.1) is 6.92 Å². The van der Waals surface area contributed by atoms with Crippen LogP contribution in [0.5, 0.6) is 0 Å². The smallest absolute Gasteiger partial charge is 0.248 e. The summed E-state index contributed by atoms with van der Waals surface area (Å²) in [5.74, 6) is 1.02. The maximum atomic E-state index is 12.6. The summed E-state index contributed by atoms with van der Waals surface area (Å²) >= 11 is 0. The van der Waals surface area contributed by atoms with Gasteiger partial charge in [0.25, 0.3) is 0 Å². The standard InChI is InChI=1S/C23H25N3O2/c1-18-14-24-23(20-10-6-3-7-11-20)26(18)21-12-13-25(15-21)22(27)17-28-16-19-8-4-2-5-9-19/h2-11,14,21H,12-13,15-17H2,1H3. The van der Waals surface area contributed by atoms with Gasteiger partial charge < -0.3 is 14.2 Å². The second-order valence-corrected chi connectivity index (χ2v) is 7.22. The molecule has 5 nitrogen and oxygen atoms in total. The van der Waals surface area contributed by atoms with E-state index in [4.69, 9.17) is 4.74 Å². The predicted octanol–water partition coefficient (Wildman–Crippen LogP) is 3.85. The molecule has 2 aromatic carbocycles. The van der Waals surface area contributed by atoms with Gasteiger partial charge in [-0.2, -0.15) is 0 Å². The van der Waals surface area contributed by atoms with E-state index in [1.54, 1.807) is 0 Å². The molecule has 0 saturated carbocycles. The van der Waals surface area contributed by atoms with Gasteiger partial charge in [0.15, 0.2) is 0 Å². The van der Waals surface area contributed by atoms with Crippen LogP contribution < -0.4 is 0 Å². The summed E-state index contributed by atoms with van der Waals surface area (Å²) in [6.45, 7) is 4.11. The van der Waals surface area contributed by atoms with Gasteiger partial charge >= 0.3 is 0 Å². The van der Waals surface area contributed by atoms with Gasteiger partial charge in [0, 0.05) is 30.5 Å². The number of amides is 1. The molecule has 0 spiro atoms. The summed E-state index contributed by atoms with van der Waals surface area (Å²) in [5.41, 5.74) is 3.31. The Morgan fingerprint density at radius 1 is 1.11 bits per heavy atom. The average Bonchev–Trinajstić information content (AvgIpc) is 3.36. The second kappa shape index (κ2) is 8.40. The van der Waals surface area contributed by atoms with E-state index >= 15 is 0 Å². The number of benzene rings is 2. The van der Waals surface area contributed by atoms with Gasteiger partial charge in [-0.15, -0.1) is 0 Å². The molecular formula is C23H25N3O2. The van der Waals surface area contributed by atoms with Crippen molar-refractivity contribution < 1.29 is 9.53 Å². The first-order valence-electron chi connectivity index (χ1n) is 9.71. The first kappa shape index (κ1) is 18.4. The maximum absolute atomic E-state index is 12.6. The van der Waals surface area contributed by atoms with Crippen LogP contribution in [0.25, 0.3) is 11.4 Å². The molecule has 0 N–H and O–H groups in total. The van der Waals surface area contributed by atoms with E-state index in [-0.39, 0.29) is 18.6 Å². The summed E-state index contributed by atoms with van der Waals surface area (Å²) in [5, 5.41) is 0. The van der Waals surface area contributed by atoms with Crippen LogP contribution in [0.2, 0.25) is 0 Å². The van der Waals surface area contributed by atoms with Gasteiger partial charge in [0.05, 0.1) is 12.6 Å². The topological polar surface area (TPSA) is 47.4 Å². The zero-order valence-electron chi connectivity index (χ0n) is 16.1. The van der Waals surface area contributed by atoms with Crippen molar-refractivity contribution in [1.82, 2.24) is 14.5 Å². The Hall–Kier alpha value is -2.92. The van der Waals surface area contributed by atoms with E-state index in [2.05, 4.69) is 28.6 Å². The normalized spacial score (nSPS) is 16.5. The van der Waals surface area contributed by atoms with Crippen molar-refractivity contribution >= 4 is 5.91 Å². The molecule has 28 heavy (non-hydrogen) atoms. The number of imidazole rings is 1. The molecule has 5 heteroatoms. The monoisotopic (exact) mass is 375 g/mol. The van der Waals surface area contributed by atoms with Crippen LogP contribution in [0.1, 0.15) is 23.7 Å². The van der Waals surface area contributed by atoms with E-state index < -0.39 is 0 Å². The zero-order chi connectivity index (χ0) is 19.3. The molecule has 2 heterocycles. The van der Waals surface area contributed by atoms with E-state index in [1.807, 2.05) is 59.6 Å². The largest absolute Gasteiger partial charge is 0.367 e. The minimum atomic E-state index is 0.0532. The highest BCUT2D eigenvalue weighted by Crippen LogP contribution is 2.29. The summed E-state index contributed by atoms with van der Waals surface area (Å²) in [4.78, 5) is 19.1. The Bertz CT molecular complexity index is 922. The highest BCUT2D eigenvalue weighted by Gasteiger charge is 2.29. The number of aryl methyl sites for hydroxylation is 1. The molecule has 3 aromatic rings. The molecule has 1 aliphatic rings. The van der Waals surface area contributed by atoms with Gasteiger partial charge in [-0.1, -0.05) is 60.7 Å². The van der Waals surface area contributed by atoms with Crippen molar-refractivity contribution in [2.75, 3.05) is 19.7 Å². The van der Waals surface area contributed by atoms with Crippen LogP contribution in [0.4, 0.5) is 0 Å². The van der Waals surface area contributed by atoms with Crippen molar-refractivity contribution in [3.05, 3.63) is 78.1 Å². The van der Waals surface area contributed by atoms with Gasteiger partial charge in [0.1, 0.15) is 12.4 Å². The highest BCUT2D eigenvalue weighted by atomic mass is 16.5. The molecule has 1 saturated heterocycles. The lowest BCUT2D eigenvalue weighted by atomic mass is 10.2. The first-order chi connectivity index (χ1) is 13.7. The Kier molecular flexibility index (Phi) is 5.53. The van der Waals surface area contributed by atoms with Crippen LogP contribution in [-0.2, 0) is 16.1 Å². The van der Waals surface area contributed by atoms with E-state index in [0.29, 0.717) is 13.2 Å². The molecule has 1 aliphatic heterocycles. The molecule has 0 aliphatic carbocycles. The molecule has 0 radical (unpaired) electrons. The third-order valence-corrected chi connectivity index (χ3v) is 5.23. The summed E-state index contributed by atoms with van der Waals surface area (Å²) in [6, 6.07) is 20.4. The lowest BCUT2D eigenvalue weighted by Gasteiger charge is -2.20. The van der Waals surface area contributed by atoms with Crippen molar-refractivity contribution in [3.63, 3.8) is 0 Å². The van der Waals surface area contributed by atoms with Crippen molar-refractivity contribution in [2.24, 2.45) is 0 Å². The Morgan fingerprint density at radius 3 is 2.57 bits per heavy atom. The third-order valence-electron chi connectivity index (χ3n) is 5.23. The zero-order valence-corrected chi connectivity index (χ0v) is 16.1. The number of hydrogen-bond acceptors (Lipinski definition) is 3. The molecule has 1 atom stereocenters. The summed E-state index contributed by atoms with van der Waals surface area (Å²) in [7, 11) is 0. The fourth-order valence-corrected chi connectivity index (χ4v) is 3.81. The average molecular weight is 375 g/mol. The SMILES string of the molecule is Cc1cnc(-c2ccccc2)n1C1CCN(C(=O)COCc2ccccc2)C1. The number of likely N-dealkylation sites (tertiary alicyclic amines) is 1. The number of ether oxygens (including phenoxy) is 1. The molecule has 1 amide bonds. The van der Waals surface area contributed by atoms with Gasteiger partial charge in [-0.05, 0) is 18.9 Å². The van der Waals surface area contributed by atoms with Crippen LogP contribution in [-0.4, -0.2) is 40.1 Å². The Labute approximate surface area is 165 Å². The fourth-order valence-electron chi connectivity index (χ4n) is 3.81. The molecule has 1 aromatic heterocycles. The van der Waals surface area contributed by atoms with Crippen LogP contribution >= 0.6 is 0 Å². The molecule has 1 unspecified atom stereocenters. The van der Waals surface area contributed by atoms with Gasteiger partial charge in [-0.3, -0.25) is 4.79 Å². The fraction of sp³-hybridized carbons (Fsp3) is 0.304. The predicted molar refractivity (Wildman–Crippen MR) is 109 cm³/mol. The lowest BCUT2D eigenvalue weighted by Crippen LogP contribution is -2.32. The molecule has 144 valence electrons. The van der Waals surface area contributed by atoms with Crippen LogP contribution in [0.15, 0.2) is 66.9 Å². The van der Waals surface area contributed by atoms with Crippen molar-refractivity contribution in [2.45, 2.75) is 26.0 Å². The van der Waals surface area contributed by atoms with Crippen molar-refractivity contribution in [1.29, 1.82) is 0 Å². The second-order valence-electron chi connectivity index (χ2n) is 7.22. The molecular weight excluding hydrogens is 350 g/mol. The Morgan fingerprint density at radius 2 is 1.82 bits per heavy atom. The Balaban J connectivity index is 1.38. The quantitative estimate of drug-likeness (QED) is 0.657. The summed E-state index contributed by atoms with van der Waals surface area (Å²) in [6.07, 6.45) is 2.84. The van der Waals surface area contributed by atoms with Gasteiger partial charge in [0.2, 0.25) is 5.91 Å². The number of hydrogen-bond donors (Lipinski definition) is 0. The van der Waals surface area contributed by atoms with Crippen LogP contribution in [0.3, 0.4) is 0 Å². The molecule has 1 fully saturated rings. The number of rotatable bonds is 6. The van der Waals surface area contributed by atoms with E-state index in [9.17, 15) is 4.79 Å². The lowest BCUT2D eigenvalue weighted by molar-refractivity contribution is -0.135. The number of carbonyl (C=O) groups excluding carboxylic acids is 1. The third kappa shape index (κ3) is 3.99. The molecule has 0 bridgehead atoms. The van der Waals surface area contributed by atoms with Gasteiger partial charge in [-0.25, -0.2) is 4.98 Å². The number of carbonyl (C=O) groups is 1. The van der Waals surface area contributed by atoms with E-state index in [1.165, 1.54) is 0 Å². The summed E-state index contributed by atoms with van der Waals surface area (Å²) < 4.78 is 7.90. The molecule has 4 rings (SSSR count). The maximum Gasteiger partial charge on any atom is 0.248 e. The minimum Gasteiger partial charge on any atom is -0.367 e. The number of aromatic nitrogens is 2. The van der Waals surface area contributed by atoms with E-state index in [0.717, 1.165) is 35.6 Å². The number of nitrogens with zero attached hydrogens (tertiary/aromatic N) is 3.